The van der Waals surface area contributed by atoms with E-state index in [9.17, 15) is 9.59 Å². The van der Waals surface area contributed by atoms with Gasteiger partial charge in [0.2, 0.25) is 0 Å². The molecule has 0 saturated carbocycles. The summed E-state index contributed by atoms with van der Waals surface area (Å²) in [7, 11) is 0. The van der Waals surface area contributed by atoms with Gasteiger partial charge in [-0.15, -0.1) is 12.4 Å². The Bertz CT molecular complexity index is 973. The number of carbonyl (C=O) groups excluding carboxylic acids is 2. The first kappa shape index (κ1) is 23.3. The maximum atomic E-state index is 13.0. The van der Waals surface area contributed by atoms with Gasteiger partial charge in [0.1, 0.15) is 5.75 Å². The summed E-state index contributed by atoms with van der Waals surface area (Å²) in [6.07, 6.45) is 3.49. The van der Waals surface area contributed by atoms with Crippen molar-refractivity contribution in [1.82, 2.24) is 4.90 Å². The van der Waals surface area contributed by atoms with Crippen molar-refractivity contribution in [2.45, 2.75) is 46.1 Å². The Balaban J connectivity index is 0.00000272. The molecule has 0 radical (unpaired) electrons. The first-order valence-corrected chi connectivity index (χ1v) is 11.0. The summed E-state index contributed by atoms with van der Waals surface area (Å²) < 4.78 is 5.61. The second-order valence-electron chi connectivity index (χ2n) is 8.47. The van der Waals surface area contributed by atoms with Crippen molar-refractivity contribution in [1.29, 1.82) is 0 Å². The number of ether oxygens (including phenoxy) is 1. The third-order valence-corrected chi connectivity index (χ3v) is 6.13. The molecule has 1 atom stereocenters. The largest absolute Gasteiger partial charge is 0.493 e. The van der Waals surface area contributed by atoms with Gasteiger partial charge >= 0.3 is 0 Å². The molecule has 0 aromatic heterocycles. The zero-order valence-electron chi connectivity index (χ0n) is 18.4. The number of ketones is 1. The highest BCUT2D eigenvalue weighted by Crippen LogP contribution is 2.38. The van der Waals surface area contributed by atoms with E-state index in [0.29, 0.717) is 29.5 Å². The molecule has 2 aliphatic rings. The maximum Gasteiger partial charge on any atom is 0.255 e. The third kappa shape index (κ3) is 4.78. The molecule has 0 bridgehead atoms. The molecule has 1 unspecified atom stereocenters. The predicted octanol–water partition coefficient (Wildman–Crippen LogP) is 5.29. The Morgan fingerprint density at radius 3 is 2.71 bits per heavy atom. The highest BCUT2D eigenvalue weighted by molar-refractivity contribution is 6.07. The lowest BCUT2D eigenvalue weighted by Crippen LogP contribution is -2.31. The van der Waals surface area contributed by atoms with Crippen LogP contribution < -0.4 is 10.1 Å². The number of nitrogens with zero attached hydrogens (tertiary/aromatic N) is 1. The molecule has 2 heterocycles. The molecule has 6 heteroatoms. The van der Waals surface area contributed by atoms with Gasteiger partial charge in [-0.05, 0) is 74.2 Å². The van der Waals surface area contributed by atoms with Gasteiger partial charge < -0.3 is 10.1 Å². The number of hydrogen-bond donors (Lipinski definition) is 1. The Morgan fingerprint density at radius 1 is 1.16 bits per heavy atom. The van der Waals surface area contributed by atoms with E-state index in [1.165, 1.54) is 30.5 Å². The summed E-state index contributed by atoms with van der Waals surface area (Å²) in [4.78, 5) is 28.1. The van der Waals surface area contributed by atoms with Crippen LogP contribution in [0.4, 0.5) is 5.69 Å². The van der Waals surface area contributed by atoms with Crippen LogP contribution in [0.1, 0.15) is 71.5 Å². The highest BCUT2D eigenvalue weighted by atomic mass is 35.5. The molecule has 1 N–H and O–H groups in total. The average molecular weight is 443 g/mol. The number of rotatable bonds is 6. The maximum absolute atomic E-state index is 13.0. The summed E-state index contributed by atoms with van der Waals surface area (Å²) >= 11 is 0. The second kappa shape index (κ2) is 9.84. The quantitative estimate of drug-likeness (QED) is 0.617. The van der Waals surface area contributed by atoms with E-state index >= 15 is 0 Å². The predicted molar refractivity (Wildman–Crippen MR) is 126 cm³/mol. The summed E-state index contributed by atoms with van der Waals surface area (Å²) in [6, 6.07) is 11.8. The van der Waals surface area contributed by atoms with Gasteiger partial charge in [0.05, 0.1) is 12.2 Å². The average Bonchev–Trinajstić information content (AvgIpc) is 3.23. The van der Waals surface area contributed by atoms with E-state index in [4.69, 9.17) is 4.74 Å². The summed E-state index contributed by atoms with van der Waals surface area (Å²) in [6.45, 7) is 8.35. The van der Waals surface area contributed by atoms with Gasteiger partial charge in [-0.3, -0.25) is 14.5 Å². The zero-order chi connectivity index (χ0) is 21.3. The number of fused-ring (bicyclic) bond motifs is 3. The lowest BCUT2D eigenvalue weighted by Gasteiger charge is -2.32. The minimum atomic E-state index is -0.213. The van der Waals surface area contributed by atoms with Crippen LogP contribution in [0.15, 0.2) is 36.4 Å². The standard InChI is InChI=1S/C25H30N2O3.ClH/c1-4-30-23-10-8-18(14-21(23)24(28)16(2)3)25(29)26-19-9-7-17-11-13-27-12-5-6-22(27)20(17)15-19;/h7-10,14-16,22H,4-6,11-13H2,1-3H3,(H,26,29);1H. The fourth-order valence-corrected chi connectivity index (χ4v) is 4.58. The molecule has 0 spiro atoms. The molecule has 1 fully saturated rings. The van der Waals surface area contributed by atoms with E-state index in [1.54, 1.807) is 18.2 Å². The molecule has 1 saturated heterocycles. The van der Waals surface area contributed by atoms with Gasteiger partial charge in [0.25, 0.3) is 5.91 Å². The van der Waals surface area contributed by atoms with Gasteiger partial charge in [0, 0.05) is 29.8 Å². The molecule has 166 valence electrons. The third-order valence-electron chi connectivity index (χ3n) is 6.13. The number of benzene rings is 2. The van der Waals surface area contributed by atoms with Crippen LogP contribution in [0, 0.1) is 5.92 Å². The lowest BCUT2D eigenvalue weighted by atomic mass is 9.92. The number of Topliss-reactive ketones (excluding diaryl/α,β-unsaturated/α-hetero) is 1. The van der Waals surface area contributed by atoms with Crippen molar-refractivity contribution < 1.29 is 14.3 Å². The smallest absolute Gasteiger partial charge is 0.255 e. The summed E-state index contributed by atoms with van der Waals surface area (Å²) in [5.74, 6) is 0.124. The molecule has 5 nitrogen and oxygen atoms in total. The Hall–Kier alpha value is -2.37. The van der Waals surface area contributed by atoms with Crippen molar-refractivity contribution in [2.75, 3.05) is 25.0 Å². The van der Waals surface area contributed by atoms with Crippen LogP contribution >= 0.6 is 12.4 Å². The number of nitrogens with one attached hydrogen (secondary N) is 1. The van der Waals surface area contributed by atoms with Crippen molar-refractivity contribution in [3.8, 4) is 5.75 Å². The lowest BCUT2D eigenvalue weighted by molar-refractivity contribution is 0.0935. The highest BCUT2D eigenvalue weighted by Gasteiger charge is 2.31. The van der Waals surface area contributed by atoms with E-state index in [2.05, 4.69) is 22.3 Å². The van der Waals surface area contributed by atoms with E-state index in [0.717, 1.165) is 18.7 Å². The van der Waals surface area contributed by atoms with Crippen LogP contribution in [0.25, 0.3) is 0 Å². The van der Waals surface area contributed by atoms with E-state index in [-0.39, 0.29) is 30.0 Å². The molecule has 1 amide bonds. The fraction of sp³-hybridized carbons (Fsp3) is 0.440. The Morgan fingerprint density at radius 2 is 1.97 bits per heavy atom. The number of halogens is 1. The number of hydrogen-bond acceptors (Lipinski definition) is 4. The van der Waals surface area contributed by atoms with Crippen LogP contribution in [-0.4, -0.2) is 36.3 Å². The van der Waals surface area contributed by atoms with E-state index < -0.39 is 0 Å². The molecular weight excluding hydrogens is 412 g/mol. The van der Waals surface area contributed by atoms with Gasteiger partial charge in [-0.25, -0.2) is 0 Å². The van der Waals surface area contributed by atoms with Crippen LogP contribution in [-0.2, 0) is 6.42 Å². The van der Waals surface area contributed by atoms with Crippen molar-refractivity contribution in [3.63, 3.8) is 0 Å². The minimum Gasteiger partial charge on any atom is -0.493 e. The summed E-state index contributed by atoms with van der Waals surface area (Å²) in [5.41, 5.74) is 4.47. The Kier molecular flexibility index (Phi) is 7.39. The van der Waals surface area contributed by atoms with Crippen LogP contribution in [0.5, 0.6) is 5.75 Å². The zero-order valence-corrected chi connectivity index (χ0v) is 19.3. The van der Waals surface area contributed by atoms with E-state index in [1.807, 2.05) is 26.8 Å². The van der Waals surface area contributed by atoms with Crippen molar-refractivity contribution in [3.05, 3.63) is 58.7 Å². The molecule has 4 rings (SSSR count). The first-order chi connectivity index (χ1) is 14.5. The molecule has 31 heavy (non-hydrogen) atoms. The normalized spacial score (nSPS) is 17.5. The topological polar surface area (TPSA) is 58.6 Å². The summed E-state index contributed by atoms with van der Waals surface area (Å²) in [5, 5.41) is 3.03. The van der Waals surface area contributed by atoms with Crippen LogP contribution in [0.3, 0.4) is 0 Å². The Labute approximate surface area is 190 Å². The number of carbonyl (C=O) groups is 2. The van der Waals surface area contributed by atoms with Gasteiger partial charge in [-0.2, -0.15) is 0 Å². The molecule has 2 aromatic rings. The number of amides is 1. The SMILES string of the molecule is CCOc1ccc(C(=O)Nc2ccc3c(c2)C2CCCN2CC3)cc1C(=O)C(C)C.Cl. The van der Waals surface area contributed by atoms with Crippen LogP contribution in [0.2, 0.25) is 0 Å². The second-order valence-corrected chi connectivity index (χ2v) is 8.47. The van der Waals surface area contributed by atoms with Crippen molar-refractivity contribution in [2.24, 2.45) is 5.92 Å². The van der Waals surface area contributed by atoms with Gasteiger partial charge in [-0.1, -0.05) is 19.9 Å². The van der Waals surface area contributed by atoms with Crippen molar-refractivity contribution >= 4 is 29.8 Å². The molecule has 2 aliphatic heterocycles. The monoisotopic (exact) mass is 442 g/mol. The van der Waals surface area contributed by atoms with Gasteiger partial charge in [0.15, 0.2) is 5.78 Å². The number of anilines is 1. The first-order valence-electron chi connectivity index (χ1n) is 11.0. The minimum absolute atomic E-state index is 0. The molecule has 0 aliphatic carbocycles. The molecule has 2 aromatic carbocycles. The molecular formula is C25H31ClN2O3. The fourth-order valence-electron chi connectivity index (χ4n) is 4.58.